The van der Waals surface area contributed by atoms with E-state index >= 15 is 0 Å². The lowest BCUT2D eigenvalue weighted by molar-refractivity contribution is -0.00000957. The molecule has 0 radical (unpaired) electrons. The van der Waals surface area contributed by atoms with Crippen LogP contribution in [0.5, 0.6) is 5.75 Å². The van der Waals surface area contributed by atoms with Crippen LogP contribution < -0.4 is 17.1 Å². The topological polar surface area (TPSA) is 118 Å². The van der Waals surface area contributed by atoms with Crippen LogP contribution in [0.15, 0.2) is 72.1 Å². The largest absolute Gasteiger partial charge is 1.00 e. The number of aromatic amines is 1. The van der Waals surface area contributed by atoms with Crippen molar-refractivity contribution in [3.63, 3.8) is 0 Å². The molecule has 2 heterocycles. The number of nitrogens with one attached hydrogen (secondary N) is 1. The number of pyridine rings is 1. The SMILES string of the molecule is CN(C)CCOc1ccc(-c2nc(-c3ccc4c(c3)CC/C4=N\O)c(-c3ccncc3)[nH]2)cc1.O.[Cl-]. The predicted molar refractivity (Wildman–Crippen MR) is 137 cm³/mol. The van der Waals surface area contributed by atoms with Gasteiger partial charge in [-0.3, -0.25) is 4.98 Å². The lowest BCUT2D eigenvalue weighted by Gasteiger charge is -2.11. The second-order valence-corrected chi connectivity index (χ2v) is 8.64. The minimum Gasteiger partial charge on any atom is -1.00 e. The molecule has 1 aliphatic rings. The summed E-state index contributed by atoms with van der Waals surface area (Å²) in [5, 5.41) is 12.7. The molecule has 2 aromatic carbocycles. The van der Waals surface area contributed by atoms with Crippen LogP contribution in [0.25, 0.3) is 33.9 Å². The minimum absolute atomic E-state index is 0. The van der Waals surface area contributed by atoms with Gasteiger partial charge in [0.25, 0.3) is 0 Å². The maximum Gasteiger partial charge on any atom is 0.138 e. The first-order chi connectivity index (χ1) is 16.6. The van der Waals surface area contributed by atoms with Gasteiger partial charge in [0.2, 0.25) is 0 Å². The normalized spacial score (nSPS) is 13.2. The van der Waals surface area contributed by atoms with Crippen molar-refractivity contribution in [2.75, 3.05) is 27.2 Å². The van der Waals surface area contributed by atoms with Gasteiger partial charge in [0, 0.05) is 41.2 Å². The van der Waals surface area contributed by atoms with Crippen LogP contribution in [0, 0.1) is 0 Å². The maximum atomic E-state index is 9.27. The van der Waals surface area contributed by atoms with Crippen LogP contribution in [0.3, 0.4) is 0 Å². The summed E-state index contributed by atoms with van der Waals surface area (Å²) in [6.45, 7) is 1.51. The Morgan fingerprint density at radius 1 is 0.972 bits per heavy atom. The van der Waals surface area contributed by atoms with Gasteiger partial charge in [0.05, 0.1) is 17.1 Å². The summed E-state index contributed by atoms with van der Waals surface area (Å²) in [6, 6.07) is 18.2. The Kier molecular flexibility index (Phi) is 8.82. The fourth-order valence-corrected chi connectivity index (χ4v) is 4.22. The highest BCUT2D eigenvalue weighted by atomic mass is 35.5. The summed E-state index contributed by atoms with van der Waals surface area (Å²) >= 11 is 0. The molecule has 188 valence electrons. The fourth-order valence-electron chi connectivity index (χ4n) is 4.22. The smallest absolute Gasteiger partial charge is 0.138 e. The minimum atomic E-state index is 0. The number of hydrogen-bond acceptors (Lipinski definition) is 6. The van der Waals surface area contributed by atoms with Crippen molar-refractivity contribution in [2.45, 2.75) is 12.8 Å². The molecular weight excluding hydrogens is 478 g/mol. The molecule has 8 nitrogen and oxygen atoms in total. The van der Waals surface area contributed by atoms with Gasteiger partial charge in [0.15, 0.2) is 0 Å². The van der Waals surface area contributed by atoms with Crippen LogP contribution in [-0.2, 0) is 6.42 Å². The number of ether oxygens (including phenoxy) is 1. The molecule has 4 aromatic rings. The molecular formula is C27H29ClN5O3-. The molecule has 0 saturated heterocycles. The molecule has 36 heavy (non-hydrogen) atoms. The monoisotopic (exact) mass is 506 g/mol. The van der Waals surface area contributed by atoms with E-state index in [0.29, 0.717) is 6.61 Å². The van der Waals surface area contributed by atoms with Crippen LogP contribution >= 0.6 is 0 Å². The molecule has 9 heteroatoms. The first-order valence-electron chi connectivity index (χ1n) is 11.4. The zero-order chi connectivity index (χ0) is 23.5. The lowest BCUT2D eigenvalue weighted by atomic mass is 10.0. The third kappa shape index (κ3) is 5.57. The Morgan fingerprint density at radius 2 is 1.69 bits per heavy atom. The Balaban J connectivity index is 0.00000180. The molecule has 0 saturated carbocycles. The summed E-state index contributed by atoms with van der Waals surface area (Å²) in [7, 11) is 4.06. The van der Waals surface area contributed by atoms with E-state index in [4.69, 9.17) is 9.72 Å². The van der Waals surface area contributed by atoms with Crippen molar-refractivity contribution in [1.82, 2.24) is 19.9 Å². The van der Waals surface area contributed by atoms with Crippen molar-refractivity contribution in [3.8, 4) is 39.7 Å². The van der Waals surface area contributed by atoms with Gasteiger partial charge in [0.1, 0.15) is 18.2 Å². The number of imidazole rings is 1. The van der Waals surface area contributed by atoms with E-state index in [1.165, 1.54) is 5.56 Å². The van der Waals surface area contributed by atoms with Crippen molar-refractivity contribution in [2.24, 2.45) is 5.16 Å². The number of fused-ring (bicyclic) bond motifs is 1. The number of nitrogens with zero attached hydrogens (tertiary/aromatic N) is 4. The number of halogens is 1. The van der Waals surface area contributed by atoms with Crippen LogP contribution in [0.1, 0.15) is 17.5 Å². The van der Waals surface area contributed by atoms with Gasteiger partial charge in [-0.1, -0.05) is 17.3 Å². The Morgan fingerprint density at radius 3 is 2.39 bits per heavy atom. The van der Waals surface area contributed by atoms with Crippen LogP contribution in [0.2, 0.25) is 0 Å². The van der Waals surface area contributed by atoms with E-state index < -0.39 is 0 Å². The number of benzene rings is 2. The number of aryl methyl sites for hydroxylation is 1. The quantitative estimate of drug-likeness (QED) is 0.287. The van der Waals surface area contributed by atoms with E-state index in [0.717, 1.165) is 70.3 Å². The number of H-pyrrole nitrogens is 1. The molecule has 0 bridgehead atoms. The van der Waals surface area contributed by atoms with Gasteiger partial charge in [-0.25, -0.2) is 4.98 Å². The maximum absolute atomic E-state index is 9.27. The van der Waals surface area contributed by atoms with Crippen LogP contribution in [-0.4, -0.2) is 63.5 Å². The molecule has 0 atom stereocenters. The number of rotatable bonds is 7. The molecule has 0 fully saturated rings. The van der Waals surface area contributed by atoms with Crippen molar-refractivity contribution >= 4 is 5.71 Å². The third-order valence-electron chi connectivity index (χ3n) is 6.05. The molecule has 0 spiro atoms. The van der Waals surface area contributed by atoms with E-state index in [1.54, 1.807) is 12.4 Å². The molecule has 2 aromatic heterocycles. The summed E-state index contributed by atoms with van der Waals surface area (Å²) in [6.07, 6.45) is 5.18. The number of aromatic nitrogens is 3. The zero-order valence-electron chi connectivity index (χ0n) is 20.2. The fraction of sp³-hybridized carbons (Fsp3) is 0.222. The highest BCUT2D eigenvalue weighted by molar-refractivity contribution is 6.04. The van der Waals surface area contributed by atoms with E-state index in [9.17, 15) is 5.21 Å². The van der Waals surface area contributed by atoms with Gasteiger partial charge in [-0.2, -0.15) is 0 Å². The highest BCUT2D eigenvalue weighted by Gasteiger charge is 2.21. The number of likely N-dealkylation sites (N-methyl/N-ethyl adjacent to an activating group) is 1. The van der Waals surface area contributed by atoms with Crippen LogP contribution in [0.4, 0.5) is 0 Å². The second-order valence-electron chi connectivity index (χ2n) is 8.64. The molecule has 0 aliphatic heterocycles. The lowest BCUT2D eigenvalue weighted by Crippen LogP contribution is -3.00. The van der Waals surface area contributed by atoms with Crippen molar-refractivity contribution in [1.29, 1.82) is 0 Å². The van der Waals surface area contributed by atoms with Gasteiger partial charge < -0.3 is 37.7 Å². The predicted octanol–water partition coefficient (Wildman–Crippen LogP) is 1.05. The molecule has 0 unspecified atom stereocenters. The summed E-state index contributed by atoms with van der Waals surface area (Å²) < 4.78 is 5.83. The van der Waals surface area contributed by atoms with E-state index in [2.05, 4.69) is 26.1 Å². The average Bonchev–Trinajstić information content (AvgIpc) is 3.49. The van der Waals surface area contributed by atoms with E-state index in [-0.39, 0.29) is 17.9 Å². The van der Waals surface area contributed by atoms with Gasteiger partial charge >= 0.3 is 0 Å². The first-order valence-corrected chi connectivity index (χ1v) is 11.4. The van der Waals surface area contributed by atoms with Gasteiger partial charge in [-0.15, -0.1) is 0 Å². The molecule has 5 rings (SSSR count). The average molecular weight is 507 g/mol. The Labute approximate surface area is 216 Å². The Bertz CT molecular complexity index is 1320. The highest BCUT2D eigenvalue weighted by Crippen LogP contribution is 2.35. The first kappa shape index (κ1) is 26.9. The number of hydrogen-bond donors (Lipinski definition) is 2. The van der Waals surface area contributed by atoms with Crippen molar-refractivity contribution in [3.05, 3.63) is 78.1 Å². The third-order valence-corrected chi connectivity index (χ3v) is 6.05. The number of oxime groups is 1. The molecule has 1 aliphatic carbocycles. The van der Waals surface area contributed by atoms with Gasteiger partial charge in [-0.05, 0) is 75.0 Å². The van der Waals surface area contributed by atoms with Crippen molar-refractivity contribution < 1.29 is 27.8 Å². The standard InChI is InChI=1S/C27H27N5O2.ClH.H2O/c1-32(2)15-16-34-22-7-3-19(4-8-22)27-29-25(18-11-13-28-14-12-18)26(30-27)21-5-9-23-20(17-21)6-10-24(23)31-33;;/h3-5,7-9,11-14,17,33H,6,10,15-16H2,1-2H3,(H,29,30);1H;1H2/p-1/b31-24+;;. The van der Waals surface area contributed by atoms with E-state index in [1.807, 2.05) is 62.6 Å². The summed E-state index contributed by atoms with van der Waals surface area (Å²) in [4.78, 5) is 14.8. The summed E-state index contributed by atoms with van der Waals surface area (Å²) in [5.74, 6) is 1.63. The second kappa shape index (κ2) is 11.8. The molecule has 0 amide bonds. The zero-order valence-corrected chi connectivity index (χ0v) is 21.0. The molecule has 4 N–H and O–H groups in total. The summed E-state index contributed by atoms with van der Waals surface area (Å²) in [5.41, 5.74) is 7.78. The Hall–Kier alpha value is -3.72.